The Morgan fingerprint density at radius 1 is 1.32 bits per heavy atom. The first-order valence-electron chi connectivity index (χ1n) is 6.00. The Bertz CT molecular complexity index is 568. The molecule has 1 aromatic carbocycles. The van der Waals surface area contributed by atoms with E-state index in [-0.39, 0.29) is 16.7 Å². The minimum absolute atomic E-state index is 0.164. The molecule has 0 saturated carbocycles. The van der Waals surface area contributed by atoms with Crippen molar-refractivity contribution in [1.29, 1.82) is 0 Å². The fourth-order valence-electron chi connectivity index (χ4n) is 2.01. The predicted molar refractivity (Wildman–Crippen MR) is 73.8 cm³/mol. The number of carbonyl (C=O) groups is 1. The molecule has 1 N–H and O–H groups in total. The van der Waals surface area contributed by atoms with Crippen LogP contribution in [0.5, 0.6) is 0 Å². The van der Waals surface area contributed by atoms with Crippen molar-refractivity contribution < 1.29 is 13.2 Å². The number of sulfonamides is 1. The first-order valence-corrected chi connectivity index (χ1v) is 7.97. The third-order valence-corrected chi connectivity index (χ3v) is 5.08. The number of carbonyl (C=O) groups excluding carboxylic acids is 1. The molecule has 1 fully saturated rings. The number of halogens is 1. The van der Waals surface area contributed by atoms with Crippen LogP contribution in [0.25, 0.3) is 0 Å². The van der Waals surface area contributed by atoms with Crippen LogP contribution in [0.3, 0.4) is 0 Å². The Morgan fingerprint density at radius 2 is 2.00 bits per heavy atom. The number of hydrogen-bond acceptors (Lipinski definition) is 3. The molecule has 1 amide bonds. The molecule has 0 spiro atoms. The Kier molecular flexibility index (Phi) is 4.44. The van der Waals surface area contributed by atoms with Gasteiger partial charge in [0.05, 0.1) is 4.90 Å². The molecule has 5 nitrogen and oxygen atoms in total. The van der Waals surface area contributed by atoms with Crippen molar-refractivity contribution in [3.63, 3.8) is 0 Å². The molecule has 1 saturated heterocycles. The molecule has 7 heteroatoms. The smallest absolute Gasteiger partial charge is 0.243 e. The Morgan fingerprint density at radius 3 is 2.63 bits per heavy atom. The summed E-state index contributed by atoms with van der Waals surface area (Å²) in [6, 6.07) is 6.22. The molecule has 1 heterocycles. The van der Waals surface area contributed by atoms with E-state index in [9.17, 15) is 13.2 Å². The summed E-state index contributed by atoms with van der Waals surface area (Å²) < 4.78 is 26.1. The van der Waals surface area contributed by atoms with Crippen molar-refractivity contribution in [2.75, 3.05) is 24.3 Å². The van der Waals surface area contributed by atoms with E-state index in [4.69, 9.17) is 11.6 Å². The number of nitrogens with one attached hydrogen (secondary N) is 1. The van der Waals surface area contributed by atoms with E-state index < -0.39 is 10.0 Å². The van der Waals surface area contributed by atoms with Gasteiger partial charge in [-0.05, 0) is 31.0 Å². The van der Waals surface area contributed by atoms with E-state index in [2.05, 4.69) is 5.32 Å². The van der Waals surface area contributed by atoms with Gasteiger partial charge in [-0.15, -0.1) is 11.6 Å². The lowest BCUT2D eigenvalue weighted by Crippen LogP contribution is -2.27. The molecule has 1 aliphatic rings. The topological polar surface area (TPSA) is 66.5 Å². The van der Waals surface area contributed by atoms with Crippen LogP contribution in [-0.4, -0.2) is 37.6 Å². The largest absolute Gasteiger partial charge is 0.325 e. The van der Waals surface area contributed by atoms with Crippen molar-refractivity contribution in [1.82, 2.24) is 4.31 Å². The van der Waals surface area contributed by atoms with E-state index >= 15 is 0 Å². The third kappa shape index (κ3) is 3.26. The first-order chi connectivity index (χ1) is 9.04. The second-order valence-corrected chi connectivity index (χ2v) is 6.53. The van der Waals surface area contributed by atoms with Gasteiger partial charge in [0.2, 0.25) is 15.9 Å². The quantitative estimate of drug-likeness (QED) is 0.860. The molecular formula is C12H15ClN2O3S. The highest BCUT2D eigenvalue weighted by atomic mass is 35.5. The summed E-state index contributed by atoms with van der Waals surface area (Å²) in [5.74, 6) is -0.527. The third-order valence-electron chi connectivity index (χ3n) is 2.94. The van der Waals surface area contributed by atoms with Crippen molar-refractivity contribution >= 4 is 33.2 Å². The van der Waals surface area contributed by atoms with Crippen LogP contribution in [-0.2, 0) is 14.8 Å². The summed E-state index contributed by atoms with van der Waals surface area (Å²) in [6.45, 7) is 1.11. The number of hydrogen-bond donors (Lipinski definition) is 1. The molecule has 0 bridgehead atoms. The van der Waals surface area contributed by atoms with Gasteiger partial charge >= 0.3 is 0 Å². The normalized spacial score (nSPS) is 16.5. The summed E-state index contributed by atoms with van der Waals surface area (Å²) in [6.07, 6.45) is 1.78. The van der Waals surface area contributed by atoms with E-state index in [0.29, 0.717) is 18.8 Å². The van der Waals surface area contributed by atoms with Gasteiger partial charge in [-0.3, -0.25) is 4.79 Å². The summed E-state index contributed by atoms with van der Waals surface area (Å²) in [5, 5.41) is 2.54. The first kappa shape index (κ1) is 14.3. The molecule has 2 rings (SSSR count). The summed E-state index contributed by atoms with van der Waals surface area (Å²) in [4.78, 5) is 11.4. The van der Waals surface area contributed by atoms with Gasteiger partial charge in [0, 0.05) is 18.8 Å². The number of nitrogens with zero attached hydrogens (tertiary/aromatic N) is 1. The van der Waals surface area contributed by atoms with Crippen molar-refractivity contribution in [2.45, 2.75) is 17.7 Å². The summed E-state index contributed by atoms with van der Waals surface area (Å²) in [5.41, 5.74) is 0.436. The molecule has 104 valence electrons. The lowest BCUT2D eigenvalue weighted by atomic mass is 10.3. The molecule has 0 radical (unpaired) electrons. The average molecular weight is 303 g/mol. The second kappa shape index (κ2) is 5.90. The van der Waals surface area contributed by atoms with Crippen LogP contribution < -0.4 is 5.32 Å². The zero-order chi connectivity index (χ0) is 13.9. The Labute approximate surface area is 117 Å². The van der Waals surface area contributed by atoms with Crippen LogP contribution in [0.2, 0.25) is 0 Å². The van der Waals surface area contributed by atoms with E-state index in [1.807, 2.05) is 0 Å². The Balaban J connectivity index is 2.25. The van der Waals surface area contributed by atoms with Gasteiger partial charge in [-0.25, -0.2) is 8.42 Å². The van der Waals surface area contributed by atoms with Gasteiger partial charge in [0.25, 0.3) is 0 Å². The van der Waals surface area contributed by atoms with Crippen LogP contribution >= 0.6 is 11.6 Å². The van der Waals surface area contributed by atoms with Crippen LogP contribution in [0.1, 0.15) is 12.8 Å². The van der Waals surface area contributed by atoms with Crippen LogP contribution in [0.15, 0.2) is 29.2 Å². The number of anilines is 1. The van der Waals surface area contributed by atoms with Crippen LogP contribution in [0, 0.1) is 0 Å². The van der Waals surface area contributed by atoms with Crippen molar-refractivity contribution in [2.24, 2.45) is 0 Å². The predicted octanol–water partition coefficient (Wildman–Crippen LogP) is 1.65. The number of amides is 1. The molecule has 1 aliphatic heterocycles. The minimum Gasteiger partial charge on any atom is -0.325 e. The molecule has 0 unspecified atom stereocenters. The maximum atomic E-state index is 12.3. The lowest BCUT2D eigenvalue weighted by Gasteiger charge is -2.16. The highest BCUT2D eigenvalue weighted by Crippen LogP contribution is 2.23. The van der Waals surface area contributed by atoms with Crippen molar-refractivity contribution in [3.8, 4) is 0 Å². The molecule has 0 atom stereocenters. The van der Waals surface area contributed by atoms with Gasteiger partial charge in [0.15, 0.2) is 0 Å². The zero-order valence-corrected chi connectivity index (χ0v) is 11.9. The second-order valence-electron chi connectivity index (χ2n) is 4.32. The Hall–Kier alpha value is -1.11. The number of benzene rings is 1. The van der Waals surface area contributed by atoms with E-state index in [1.165, 1.54) is 16.4 Å². The minimum atomic E-state index is -3.45. The van der Waals surface area contributed by atoms with Gasteiger partial charge < -0.3 is 5.32 Å². The molecule has 19 heavy (non-hydrogen) atoms. The highest BCUT2D eigenvalue weighted by molar-refractivity contribution is 7.89. The molecule has 0 aliphatic carbocycles. The molecular weight excluding hydrogens is 288 g/mol. The highest BCUT2D eigenvalue weighted by Gasteiger charge is 2.27. The maximum absolute atomic E-state index is 12.3. The zero-order valence-electron chi connectivity index (χ0n) is 10.3. The monoisotopic (exact) mass is 302 g/mol. The lowest BCUT2D eigenvalue weighted by molar-refractivity contribution is -0.113. The summed E-state index contributed by atoms with van der Waals surface area (Å²) >= 11 is 5.40. The number of alkyl halides is 1. The SMILES string of the molecule is O=C(CCl)Nc1cccc(S(=O)(=O)N2CCCC2)c1. The van der Waals surface area contributed by atoms with Gasteiger partial charge in [-0.2, -0.15) is 4.31 Å². The number of rotatable bonds is 4. The van der Waals surface area contributed by atoms with E-state index in [0.717, 1.165) is 12.8 Å². The van der Waals surface area contributed by atoms with Gasteiger partial charge in [0.1, 0.15) is 5.88 Å². The van der Waals surface area contributed by atoms with Gasteiger partial charge in [-0.1, -0.05) is 6.07 Å². The molecule has 0 aromatic heterocycles. The van der Waals surface area contributed by atoms with Crippen LogP contribution in [0.4, 0.5) is 5.69 Å². The summed E-state index contributed by atoms with van der Waals surface area (Å²) in [7, 11) is -3.45. The standard InChI is InChI=1S/C12H15ClN2O3S/c13-9-12(16)14-10-4-3-5-11(8-10)19(17,18)15-6-1-2-7-15/h3-5,8H,1-2,6-7,9H2,(H,14,16). The fourth-order valence-corrected chi connectivity index (χ4v) is 3.64. The average Bonchev–Trinajstić information content (AvgIpc) is 2.93. The molecule has 1 aromatic rings. The maximum Gasteiger partial charge on any atom is 0.243 e. The fraction of sp³-hybridized carbons (Fsp3) is 0.417. The van der Waals surface area contributed by atoms with E-state index in [1.54, 1.807) is 12.1 Å². The van der Waals surface area contributed by atoms with Crippen molar-refractivity contribution in [3.05, 3.63) is 24.3 Å².